The molecule has 18 fully saturated rings. The van der Waals surface area contributed by atoms with Crippen molar-refractivity contribution in [1.29, 1.82) is 0 Å². The van der Waals surface area contributed by atoms with Gasteiger partial charge in [0.2, 0.25) is 0 Å². The van der Waals surface area contributed by atoms with E-state index in [0.29, 0.717) is 98.7 Å². The van der Waals surface area contributed by atoms with Gasteiger partial charge in [-0.25, -0.2) is 0 Å². The van der Waals surface area contributed by atoms with Crippen molar-refractivity contribution in [2.75, 3.05) is 0 Å². The van der Waals surface area contributed by atoms with Crippen LogP contribution in [0.25, 0.3) is 0 Å². The van der Waals surface area contributed by atoms with Gasteiger partial charge in [0.1, 0.15) is 0 Å². The molecule has 16 atom stereocenters. The number of hydrogen-bond acceptors (Lipinski definition) is 16. The fraction of sp³-hybridized carbons (Fsp3) is 1.00. The zero-order chi connectivity index (χ0) is 52.4. The zero-order valence-electron chi connectivity index (χ0n) is 49.4. The van der Waals surface area contributed by atoms with E-state index in [1.807, 2.05) is 0 Å². The summed E-state index contributed by atoms with van der Waals surface area (Å²) >= 11 is 0. The van der Waals surface area contributed by atoms with E-state index in [0.717, 1.165) is 94.7 Å². The fourth-order valence-corrected chi connectivity index (χ4v) is 23.9. The third-order valence-corrected chi connectivity index (χ3v) is 27.6. The molecule has 458 valence electrons. The molecule has 0 amide bonds. The second-order valence-electron chi connectivity index (χ2n) is 31.2. The van der Waals surface area contributed by atoms with E-state index in [2.05, 4.69) is 85.1 Å². The molecule has 10 heterocycles. The Kier molecular flexibility index (Phi) is 17.2. The van der Waals surface area contributed by atoms with Crippen molar-refractivity contribution in [3.8, 4) is 0 Å². The minimum absolute atomic E-state index is 0. The summed E-state index contributed by atoms with van der Waals surface area (Å²) in [6.07, 6.45) is 51.1. The first kappa shape index (κ1) is 56.8. The van der Waals surface area contributed by atoms with Gasteiger partial charge in [-0.3, -0.25) is 85.1 Å². The van der Waals surface area contributed by atoms with Gasteiger partial charge in [0.05, 0.1) is 98.7 Å². The van der Waals surface area contributed by atoms with Gasteiger partial charge in [0, 0.05) is 38.2 Å². The summed E-state index contributed by atoms with van der Waals surface area (Å²) < 4.78 is 0. The van der Waals surface area contributed by atoms with Crippen LogP contribution in [0, 0.1) is 133 Å². The monoisotopic (exact) mass is 1270 g/mol. The molecule has 10 saturated heterocycles. The summed E-state index contributed by atoms with van der Waals surface area (Å²) in [6.45, 7) is 0. The average Bonchev–Trinajstić information content (AvgIpc) is 4.47. The van der Waals surface area contributed by atoms with Crippen LogP contribution in [0.2, 0.25) is 0 Å². The summed E-state index contributed by atoms with van der Waals surface area (Å²) in [7, 11) is 0. The molecular formula is C64H112DyN16. The molecule has 8 aliphatic carbocycles. The quantitative estimate of drug-likeness (QED) is 0.151. The van der Waals surface area contributed by atoms with E-state index >= 15 is 0 Å². The molecule has 8 saturated carbocycles. The van der Waals surface area contributed by atoms with Gasteiger partial charge in [0.15, 0.2) is 0 Å². The Hall–Kier alpha value is 0.633. The molecule has 18 aliphatic rings. The van der Waals surface area contributed by atoms with Crippen molar-refractivity contribution in [1.82, 2.24) is 85.1 Å². The molecule has 18 rings (SSSR count). The van der Waals surface area contributed by atoms with E-state index in [1.165, 1.54) is 205 Å². The standard InChI is InChI=1S/2C32H56N8.Dy/c2*1-2-10-18-17(9-1)25-33-26(18)38-28-21-13-5-6-14-22(21)30(35-28)40-32-24-16-8-7-15-23(24)31(36-32)39-29-20-12-4-3-11-19(20)27(34-29)37-25;/h2*17-40H,1-16H2;. The zero-order valence-corrected chi connectivity index (χ0v) is 51.4. The maximum Gasteiger partial charge on any atom is 0.0628 e. The second-order valence-corrected chi connectivity index (χ2v) is 31.2. The van der Waals surface area contributed by atoms with Crippen LogP contribution in [-0.4, -0.2) is 98.7 Å². The predicted octanol–water partition coefficient (Wildman–Crippen LogP) is 5.21. The Balaban J connectivity index is 0.000000132. The molecule has 16 bridgehead atoms. The minimum atomic E-state index is 0. The van der Waals surface area contributed by atoms with Crippen molar-refractivity contribution in [3.05, 3.63) is 0 Å². The van der Waals surface area contributed by atoms with Crippen LogP contribution in [-0.2, 0) is 0 Å². The van der Waals surface area contributed by atoms with Crippen LogP contribution in [0.3, 0.4) is 0 Å². The Morgan fingerprint density at radius 1 is 0.111 bits per heavy atom. The molecule has 16 nitrogen and oxygen atoms in total. The summed E-state index contributed by atoms with van der Waals surface area (Å²) in [5.74, 6) is 11.9. The van der Waals surface area contributed by atoms with E-state index in [9.17, 15) is 0 Å². The van der Waals surface area contributed by atoms with Crippen LogP contribution in [0.15, 0.2) is 0 Å². The first-order valence-corrected chi connectivity index (χ1v) is 35.8. The predicted molar refractivity (Wildman–Crippen MR) is 314 cm³/mol. The van der Waals surface area contributed by atoms with Gasteiger partial charge in [-0.2, -0.15) is 0 Å². The van der Waals surface area contributed by atoms with Gasteiger partial charge in [0.25, 0.3) is 0 Å². The van der Waals surface area contributed by atoms with Crippen molar-refractivity contribution >= 4 is 0 Å². The summed E-state index contributed by atoms with van der Waals surface area (Å²) in [5.41, 5.74) is 0. The maximum absolute atomic E-state index is 4.26. The van der Waals surface area contributed by atoms with Gasteiger partial charge < -0.3 is 0 Å². The third-order valence-electron chi connectivity index (χ3n) is 27.6. The molecule has 81 heavy (non-hydrogen) atoms. The summed E-state index contributed by atoms with van der Waals surface area (Å²) in [4.78, 5) is 0. The van der Waals surface area contributed by atoms with Crippen molar-refractivity contribution < 1.29 is 38.2 Å². The Morgan fingerprint density at radius 3 is 0.235 bits per heavy atom. The van der Waals surface area contributed by atoms with E-state index in [4.69, 9.17) is 0 Å². The van der Waals surface area contributed by atoms with Crippen molar-refractivity contribution in [2.24, 2.45) is 94.7 Å². The Bertz CT molecular complexity index is 1570. The first-order chi connectivity index (χ1) is 39.6. The van der Waals surface area contributed by atoms with E-state index < -0.39 is 0 Å². The minimum Gasteiger partial charge on any atom is -0.286 e. The van der Waals surface area contributed by atoms with Gasteiger partial charge in [-0.15, -0.1) is 0 Å². The van der Waals surface area contributed by atoms with Gasteiger partial charge >= 0.3 is 0 Å². The smallest absolute Gasteiger partial charge is 0.0628 e. The normalized spacial score (nSPS) is 56.9. The van der Waals surface area contributed by atoms with Crippen LogP contribution < -0.4 is 85.1 Å². The number of hydrogen-bond donors (Lipinski definition) is 16. The van der Waals surface area contributed by atoms with Crippen LogP contribution >= 0.6 is 0 Å². The largest absolute Gasteiger partial charge is 0.286 e. The average molecular weight is 1270 g/mol. The molecule has 0 spiro atoms. The Labute approximate surface area is 518 Å². The molecule has 0 aromatic rings. The van der Waals surface area contributed by atoms with Crippen LogP contribution in [0.5, 0.6) is 0 Å². The topological polar surface area (TPSA) is 192 Å². The maximum atomic E-state index is 4.26. The molecule has 16 unspecified atom stereocenters. The van der Waals surface area contributed by atoms with E-state index in [-0.39, 0.29) is 38.2 Å². The number of fused-ring (bicyclic) bond motifs is 40. The fourth-order valence-electron chi connectivity index (χ4n) is 23.9. The summed E-state index contributed by atoms with van der Waals surface area (Å²) in [5, 5.41) is 67.6. The van der Waals surface area contributed by atoms with E-state index in [1.54, 1.807) is 0 Å². The van der Waals surface area contributed by atoms with Gasteiger partial charge in [-0.1, -0.05) is 103 Å². The van der Waals surface area contributed by atoms with Crippen molar-refractivity contribution in [2.45, 2.75) is 304 Å². The summed E-state index contributed by atoms with van der Waals surface area (Å²) in [6, 6.07) is 0. The molecule has 0 aromatic heterocycles. The van der Waals surface area contributed by atoms with Gasteiger partial charge in [-0.05, 0) is 197 Å². The number of nitrogens with one attached hydrogen (secondary N) is 16. The molecule has 16 N–H and O–H groups in total. The van der Waals surface area contributed by atoms with Crippen molar-refractivity contribution in [3.63, 3.8) is 0 Å². The molecule has 10 aliphatic heterocycles. The molecule has 17 heteroatoms. The molecule has 0 aromatic carbocycles. The first-order valence-electron chi connectivity index (χ1n) is 35.8. The second kappa shape index (κ2) is 24.4. The SMILES string of the molecule is C1CCC2C3NC(NC4NC(NC5NC(NC6NC(N3)C3CCCCC63)C3CCCCC53)C3CCCCC43)C2C1.C1CCC2C3NC(NC4NC(NC5NC(NC6NC(N3)C3CCCCC63)C3CCCCC53)C3CCCCC43)C2C1.[Dy]. The number of rotatable bonds is 0. The Morgan fingerprint density at radius 2 is 0.173 bits per heavy atom. The van der Waals surface area contributed by atoms with Crippen LogP contribution in [0.1, 0.15) is 205 Å². The molecule has 0 radical (unpaired) electrons. The third kappa shape index (κ3) is 10.6. The van der Waals surface area contributed by atoms with Crippen LogP contribution in [0.4, 0.5) is 0 Å². The molecular weight excluding hydrogens is 1160 g/mol.